The Kier molecular flexibility index (Phi) is 6.49. The quantitative estimate of drug-likeness (QED) is 0.470. The number of nitrogens with zero attached hydrogens (tertiary/aromatic N) is 1. The van der Waals surface area contributed by atoms with Gasteiger partial charge in [-0.2, -0.15) is 0 Å². The molecule has 0 fully saturated rings. The second-order valence-electron chi connectivity index (χ2n) is 6.92. The lowest BCUT2D eigenvalue weighted by Gasteiger charge is -2.17. The zero-order valence-electron chi connectivity index (χ0n) is 16.5. The van der Waals surface area contributed by atoms with Crippen LogP contribution in [0.3, 0.4) is 0 Å². The number of rotatable bonds is 6. The van der Waals surface area contributed by atoms with Crippen LogP contribution < -0.4 is 5.32 Å². The van der Waals surface area contributed by atoms with Crippen LogP contribution in [0, 0.1) is 19.7 Å². The summed E-state index contributed by atoms with van der Waals surface area (Å²) in [5, 5.41) is 12.6. The molecule has 5 nitrogen and oxygen atoms in total. The van der Waals surface area contributed by atoms with E-state index in [0.29, 0.717) is 32.7 Å². The number of H-pyrrole nitrogens is 1. The molecular weight excluding hydrogens is 437 g/mol. The van der Waals surface area contributed by atoms with Crippen LogP contribution in [0.15, 0.2) is 41.1 Å². The van der Waals surface area contributed by atoms with E-state index < -0.39 is 11.9 Å². The van der Waals surface area contributed by atoms with Crippen molar-refractivity contribution < 1.29 is 14.3 Å². The van der Waals surface area contributed by atoms with E-state index in [4.69, 9.17) is 0 Å². The number of benzene rings is 1. The number of aromatic nitrogens is 2. The van der Waals surface area contributed by atoms with E-state index in [1.165, 1.54) is 5.56 Å². The Labute approximate surface area is 177 Å². The Morgan fingerprint density at radius 1 is 1.31 bits per heavy atom. The Morgan fingerprint density at radius 3 is 2.62 bits per heavy atom. The molecular formula is C22H23BrFN3O2. The van der Waals surface area contributed by atoms with Gasteiger partial charge in [0.2, 0.25) is 0 Å². The number of aryl methyl sites for hydroxylation is 2. The van der Waals surface area contributed by atoms with Crippen molar-refractivity contribution in [1.29, 1.82) is 0 Å². The summed E-state index contributed by atoms with van der Waals surface area (Å²) in [7, 11) is 0. The lowest BCUT2D eigenvalue weighted by Crippen LogP contribution is -2.31. The topological polar surface area (TPSA) is 78.0 Å². The first kappa shape index (κ1) is 21.2. The number of amides is 1. The summed E-state index contributed by atoms with van der Waals surface area (Å²) in [5.74, 6) is -0.821. The van der Waals surface area contributed by atoms with Crippen LogP contribution in [-0.2, 0) is 6.42 Å². The van der Waals surface area contributed by atoms with E-state index in [2.05, 4.69) is 38.1 Å². The van der Waals surface area contributed by atoms with Crippen molar-refractivity contribution >= 4 is 21.8 Å². The van der Waals surface area contributed by atoms with Gasteiger partial charge in [0.05, 0.1) is 18.8 Å². The zero-order valence-corrected chi connectivity index (χ0v) is 18.1. The highest BCUT2D eigenvalue weighted by atomic mass is 79.9. The number of carbonyl (C=O) groups is 1. The summed E-state index contributed by atoms with van der Waals surface area (Å²) in [6.07, 6.45) is 2.06. The van der Waals surface area contributed by atoms with Gasteiger partial charge in [-0.15, -0.1) is 0 Å². The normalized spacial score (nSPS) is 12.1. The standard InChI is InChI=1S/C22H23BrFN3O2/c1-4-14-5-7-15(8-6-14)18(11-28)27-22(29)21-12(2)20(13(3)26-21)16-9-19(23)25-10-17(16)24/h5-10,18,26,28H,4,11H2,1-3H3,(H,27,29). The van der Waals surface area contributed by atoms with Crippen molar-refractivity contribution in [1.82, 2.24) is 15.3 Å². The number of hydrogen-bond acceptors (Lipinski definition) is 3. The van der Waals surface area contributed by atoms with Gasteiger partial charge in [0.25, 0.3) is 5.91 Å². The number of hydrogen-bond donors (Lipinski definition) is 3. The molecule has 0 radical (unpaired) electrons. The van der Waals surface area contributed by atoms with Gasteiger partial charge in [0, 0.05) is 16.8 Å². The van der Waals surface area contributed by atoms with E-state index in [1.54, 1.807) is 19.9 Å². The molecule has 1 unspecified atom stereocenters. The fourth-order valence-corrected chi connectivity index (χ4v) is 3.77. The molecule has 0 saturated carbocycles. The van der Waals surface area contributed by atoms with Crippen molar-refractivity contribution in [2.24, 2.45) is 0 Å². The summed E-state index contributed by atoms with van der Waals surface area (Å²) in [6, 6.07) is 8.83. The Balaban J connectivity index is 1.90. The highest BCUT2D eigenvalue weighted by Crippen LogP contribution is 2.32. The summed E-state index contributed by atoms with van der Waals surface area (Å²) in [5.41, 5.74) is 4.65. The Bertz CT molecular complexity index is 1030. The summed E-state index contributed by atoms with van der Waals surface area (Å²) < 4.78 is 14.9. The van der Waals surface area contributed by atoms with Crippen LogP contribution in [0.1, 0.15) is 45.8 Å². The molecule has 7 heteroatoms. The van der Waals surface area contributed by atoms with Crippen molar-refractivity contribution in [2.45, 2.75) is 33.2 Å². The highest BCUT2D eigenvalue weighted by molar-refractivity contribution is 9.10. The molecule has 1 amide bonds. The van der Waals surface area contributed by atoms with Gasteiger partial charge < -0.3 is 15.4 Å². The second kappa shape index (κ2) is 8.88. The predicted octanol–water partition coefficient (Wildman–Crippen LogP) is 4.62. The van der Waals surface area contributed by atoms with Crippen LogP contribution in [0.25, 0.3) is 11.1 Å². The van der Waals surface area contributed by atoms with Crippen LogP contribution in [-0.4, -0.2) is 27.6 Å². The first-order valence-corrected chi connectivity index (χ1v) is 10.2. The van der Waals surface area contributed by atoms with Crippen LogP contribution in [0.4, 0.5) is 4.39 Å². The number of nitrogens with one attached hydrogen (secondary N) is 2. The minimum atomic E-state index is -0.535. The first-order chi connectivity index (χ1) is 13.8. The average Bonchev–Trinajstić information content (AvgIpc) is 3.02. The van der Waals surface area contributed by atoms with Gasteiger partial charge in [0.1, 0.15) is 16.1 Å². The zero-order chi connectivity index (χ0) is 21.1. The van der Waals surface area contributed by atoms with Crippen molar-refractivity contribution in [2.75, 3.05) is 6.61 Å². The third-order valence-corrected chi connectivity index (χ3v) is 5.47. The largest absolute Gasteiger partial charge is 0.394 e. The third-order valence-electron chi connectivity index (χ3n) is 5.03. The molecule has 3 aromatic rings. The molecule has 2 aromatic heterocycles. The molecule has 1 aromatic carbocycles. The van der Waals surface area contributed by atoms with Gasteiger partial charge >= 0.3 is 0 Å². The molecule has 0 aliphatic heterocycles. The maximum atomic E-state index is 14.3. The number of aliphatic hydroxyl groups is 1. The maximum absolute atomic E-state index is 14.3. The minimum Gasteiger partial charge on any atom is -0.394 e. The molecule has 3 N–H and O–H groups in total. The van der Waals surface area contributed by atoms with Gasteiger partial charge in [-0.3, -0.25) is 4.79 Å². The fourth-order valence-electron chi connectivity index (χ4n) is 3.44. The molecule has 0 spiro atoms. The second-order valence-corrected chi connectivity index (χ2v) is 7.73. The molecule has 3 rings (SSSR count). The predicted molar refractivity (Wildman–Crippen MR) is 114 cm³/mol. The van der Waals surface area contributed by atoms with E-state index >= 15 is 0 Å². The number of aromatic amines is 1. The van der Waals surface area contributed by atoms with Gasteiger partial charge in [-0.25, -0.2) is 9.37 Å². The van der Waals surface area contributed by atoms with Gasteiger partial charge in [-0.1, -0.05) is 31.2 Å². The molecule has 0 bridgehead atoms. The monoisotopic (exact) mass is 459 g/mol. The Morgan fingerprint density at radius 2 is 2.00 bits per heavy atom. The van der Waals surface area contributed by atoms with Crippen molar-refractivity contribution in [3.8, 4) is 11.1 Å². The summed E-state index contributed by atoms with van der Waals surface area (Å²) in [6.45, 7) is 5.40. The minimum absolute atomic E-state index is 0.227. The summed E-state index contributed by atoms with van der Waals surface area (Å²) in [4.78, 5) is 19.9. The molecule has 152 valence electrons. The number of carbonyl (C=O) groups excluding carboxylic acids is 1. The molecule has 29 heavy (non-hydrogen) atoms. The molecule has 0 saturated heterocycles. The van der Waals surface area contributed by atoms with E-state index in [0.717, 1.165) is 18.2 Å². The molecule has 2 heterocycles. The summed E-state index contributed by atoms with van der Waals surface area (Å²) >= 11 is 3.26. The lowest BCUT2D eigenvalue weighted by molar-refractivity contribution is 0.0911. The third kappa shape index (κ3) is 4.41. The van der Waals surface area contributed by atoms with Crippen LogP contribution >= 0.6 is 15.9 Å². The number of halogens is 2. The number of pyridine rings is 1. The first-order valence-electron chi connectivity index (χ1n) is 9.36. The smallest absolute Gasteiger partial charge is 0.268 e. The number of aliphatic hydroxyl groups excluding tert-OH is 1. The van der Waals surface area contributed by atoms with E-state index in [-0.39, 0.29) is 12.5 Å². The molecule has 1 atom stereocenters. The van der Waals surface area contributed by atoms with Crippen LogP contribution in [0.5, 0.6) is 0 Å². The van der Waals surface area contributed by atoms with Gasteiger partial charge in [0.15, 0.2) is 0 Å². The van der Waals surface area contributed by atoms with Gasteiger partial charge in [-0.05, 0) is 59.0 Å². The fraction of sp³-hybridized carbons (Fsp3) is 0.273. The molecule has 0 aliphatic carbocycles. The maximum Gasteiger partial charge on any atom is 0.268 e. The van der Waals surface area contributed by atoms with E-state index in [1.807, 2.05) is 24.3 Å². The molecule has 0 aliphatic rings. The van der Waals surface area contributed by atoms with Crippen molar-refractivity contribution in [3.05, 3.63) is 75.0 Å². The highest BCUT2D eigenvalue weighted by Gasteiger charge is 2.23. The van der Waals surface area contributed by atoms with Crippen molar-refractivity contribution in [3.63, 3.8) is 0 Å². The lowest BCUT2D eigenvalue weighted by atomic mass is 10.0. The van der Waals surface area contributed by atoms with Crippen LogP contribution in [0.2, 0.25) is 0 Å². The Hall–Kier alpha value is -2.51. The SMILES string of the molecule is CCc1ccc(C(CO)NC(=O)c2[nH]c(C)c(-c3cc(Br)ncc3F)c2C)cc1. The van der Waals surface area contributed by atoms with E-state index in [9.17, 15) is 14.3 Å². The average molecular weight is 460 g/mol.